The molecule has 3 aromatic carbocycles. The molecule has 0 aromatic heterocycles. The summed E-state index contributed by atoms with van der Waals surface area (Å²) in [7, 11) is 1.61. The SMILES string of the molecule is COc1ccc(/C=N/OCC(=O)Nc2ccc(OCc3ccccc3)cc2)cc1. The van der Waals surface area contributed by atoms with Crippen LogP contribution in [0.25, 0.3) is 0 Å². The van der Waals surface area contributed by atoms with E-state index in [1.807, 2.05) is 54.6 Å². The van der Waals surface area contributed by atoms with E-state index < -0.39 is 0 Å². The van der Waals surface area contributed by atoms with Crippen molar-refractivity contribution in [3.05, 3.63) is 90.0 Å². The van der Waals surface area contributed by atoms with Gasteiger partial charge in [-0.2, -0.15) is 0 Å². The highest BCUT2D eigenvalue weighted by Gasteiger charge is 2.03. The summed E-state index contributed by atoms with van der Waals surface area (Å²) in [5.41, 5.74) is 2.60. The van der Waals surface area contributed by atoms with Gasteiger partial charge in [0.25, 0.3) is 5.91 Å². The Morgan fingerprint density at radius 2 is 1.62 bits per heavy atom. The quantitative estimate of drug-likeness (QED) is 0.438. The lowest BCUT2D eigenvalue weighted by Crippen LogP contribution is -2.16. The number of amides is 1. The van der Waals surface area contributed by atoms with Gasteiger partial charge >= 0.3 is 0 Å². The normalized spacial score (nSPS) is 10.5. The van der Waals surface area contributed by atoms with Gasteiger partial charge in [-0.3, -0.25) is 4.79 Å². The van der Waals surface area contributed by atoms with Gasteiger partial charge in [-0.15, -0.1) is 0 Å². The smallest absolute Gasteiger partial charge is 0.265 e. The van der Waals surface area contributed by atoms with Crippen LogP contribution in [-0.2, 0) is 16.2 Å². The third-order valence-corrected chi connectivity index (χ3v) is 3.97. The standard InChI is InChI=1S/C23H22N2O4/c1-27-21-11-7-18(8-12-21)15-24-29-17-23(26)25-20-9-13-22(14-10-20)28-16-19-5-3-2-4-6-19/h2-15H,16-17H2,1H3,(H,25,26)/b24-15+. The van der Waals surface area contributed by atoms with Crippen molar-refractivity contribution >= 4 is 17.8 Å². The molecule has 0 saturated carbocycles. The minimum absolute atomic E-state index is 0.182. The first-order valence-electron chi connectivity index (χ1n) is 9.09. The fourth-order valence-corrected chi connectivity index (χ4v) is 2.46. The highest BCUT2D eigenvalue weighted by Crippen LogP contribution is 2.17. The molecule has 148 valence electrons. The zero-order valence-electron chi connectivity index (χ0n) is 16.1. The van der Waals surface area contributed by atoms with Gasteiger partial charge in [0.2, 0.25) is 0 Å². The van der Waals surface area contributed by atoms with Crippen LogP contribution in [0, 0.1) is 0 Å². The van der Waals surface area contributed by atoms with E-state index in [4.69, 9.17) is 14.3 Å². The third-order valence-electron chi connectivity index (χ3n) is 3.97. The molecule has 0 aliphatic rings. The zero-order valence-corrected chi connectivity index (χ0v) is 16.1. The van der Waals surface area contributed by atoms with Gasteiger partial charge in [-0.25, -0.2) is 0 Å². The molecule has 1 amide bonds. The largest absolute Gasteiger partial charge is 0.497 e. The minimum atomic E-state index is -0.296. The lowest BCUT2D eigenvalue weighted by molar-refractivity contribution is -0.120. The zero-order chi connectivity index (χ0) is 20.3. The summed E-state index contributed by atoms with van der Waals surface area (Å²) in [6, 6.07) is 24.4. The van der Waals surface area contributed by atoms with E-state index in [2.05, 4.69) is 10.5 Å². The fourth-order valence-electron chi connectivity index (χ4n) is 2.46. The van der Waals surface area contributed by atoms with Crippen molar-refractivity contribution in [2.45, 2.75) is 6.61 Å². The number of benzene rings is 3. The lowest BCUT2D eigenvalue weighted by Gasteiger charge is -2.08. The topological polar surface area (TPSA) is 69.2 Å². The number of nitrogens with one attached hydrogen (secondary N) is 1. The monoisotopic (exact) mass is 390 g/mol. The molecule has 0 radical (unpaired) electrons. The molecule has 1 N–H and O–H groups in total. The van der Waals surface area contributed by atoms with Gasteiger partial charge in [0.1, 0.15) is 18.1 Å². The predicted molar refractivity (Wildman–Crippen MR) is 112 cm³/mol. The molecule has 6 heteroatoms. The second kappa shape index (κ2) is 10.5. The Hall–Kier alpha value is -3.80. The van der Waals surface area contributed by atoms with Crippen molar-refractivity contribution in [3.8, 4) is 11.5 Å². The number of hydrogen-bond donors (Lipinski definition) is 1. The van der Waals surface area contributed by atoms with E-state index in [0.717, 1.165) is 22.6 Å². The van der Waals surface area contributed by atoms with Crippen LogP contribution in [-0.4, -0.2) is 25.8 Å². The van der Waals surface area contributed by atoms with Crippen LogP contribution < -0.4 is 14.8 Å². The highest BCUT2D eigenvalue weighted by molar-refractivity contribution is 5.91. The Morgan fingerprint density at radius 3 is 2.31 bits per heavy atom. The summed E-state index contributed by atoms with van der Waals surface area (Å²) >= 11 is 0. The number of methoxy groups -OCH3 is 1. The maximum atomic E-state index is 11.9. The van der Waals surface area contributed by atoms with Gasteiger partial charge in [0, 0.05) is 5.69 Å². The minimum Gasteiger partial charge on any atom is -0.497 e. The van der Waals surface area contributed by atoms with E-state index >= 15 is 0 Å². The molecule has 0 fully saturated rings. The summed E-state index contributed by atoms with van der Waals surface area (Å²) in [5, 5.41) is 6.55. The summed E-state index contributed by atoms with van der Waals surface area (Å²) in [4.78, 5) is 17.0. The predicted octanol–water partition coefficient (Wildman–Crippen LogP) is 4.26. The first-order chi connectivity index (χ1) is 14.2. The van der Waals surface area contributed by atoms with Gasteiger partial charge in [-0.05, 0) is 59.7 Å². The molecule has 0 aliphatic heterocycles. The molecule has 6 nitrogen and oxygen atoms in total. The molecule has 0 aliphatic carbocycles. The molecule has 0 bridgehead atoms. The highest BCUT2D eigenvalue weighted by atomic mass is 16.6. The van der Waals surface area contributed by atoms with Crippen molar-refractivity contribution in [2.75, 3.05) is 19.0 Å². The van der Waals surface area contributed by atoms with E-state index in [-0.39, 0.29) is 12.5 Å². The number of carbonyl (C=O) groups excluding carboxylic acids is 1. The van der Waals surface area contributed by atoms with Gasteiger partial charge in [0.15, 0.2) is 6.61 Å². The summed E-state index contributed by atoms with van der Waals surface area (Å²) in [6.07, 6.45) is 1.53. The van der Waals surface area contributed by atoms with Gasteiger partial charge in [-0.1, -0.05) is 35.5 Å². The molecule has 0 atom stereocenters. The number of rotatable bonds is 9. The molecule has 0 unspecified atom stereocenters. The summed E-state index contributed by atoms with van der Waals surface area (Å²) < 4.78 is 10.8. The summed E-state index contributed by atoms with van der Waals surface area (Å²) in [6.45, 7) is 0.311. The molecule has 3 aromatic rings. The number of ether oxygens (including phenoxy) is 2. The fraction of sp³-hybridized carbons (Fsp3) is 0.130. The van der Waals surface area contributed by atoms with Crippen molar-refractivity contribution in [3.63, 3.8) is 0 Å². The molecular weight excluding hydrogens is 368 g/mol. The van der Waals surface area contributed by atoms with Crippen LogP contribution in [0.5, 0.6) is 11.5 Å². The van der Waals surface area contributed by atoms with E-state index in [0.29, 0.717) is 12.3 Å². The van der Waals surface area contributed by atoms with E-state index in [1.54, 1.807) is 31.4 Å². The second-order valence-electron chi connectivity index (χ2n) is 6.13. The second-order valence-corrected chi connectivity index (χ2v) is 6.13. The number of oxime groups is 1. The number of carbonyl (C=O) groups is 1. The van der Waals surface area contributed by atoms with E-state index in [1.165, 1.54) is 6.21 Å². The Kier molecular flexibility index (Phi) is 7.23. The Morgan fingerprint density at radius 1 is 0.931 bits per heavy atom. The number of hydrogen-bond acceptors (Lipinski definition) is 5. The van der Waals surface area contributed by atoms with Crippen LogP contribution in [0.4, 0.5) is 5.69 Å². The van der Waals surface area contributed by atoms with Crippen molar-refractivity contribution < 1.29 is 19.1 Å². The van der Waals surface area contributed by atoms with Crippen molar-refractivity contribution in [2.24, 2.45) is 5.16 Å². The van der Waals surface area contributed by atoms with Crippen LogP contribution in [0.2, 0.25) is 0 Å². The molecule has 3 rings (SSSR count). The molecule has 0 saturated heterocycles. The lowest BCUT2D eigenvalue weighted by atomic mass is 10.2. The molecule has 0 spiro atoms. The Balaban J connectivity index is 1.40. The van der Waals surface area contributed by atoms with Gasteiger partial charge in [0.05, 0.1) is 13.3 Å². The number of nitrogens with zero attached hydrogens (tertiary/aromatic N) is 1. The first-order valence-corrected chi connectivity index (χ1v) is 9.09. The third kappa shape index (κ3) is 6.70. The maximum Gasteiger partial charge on any atom is 0.265 e. The van der Waals surface area contributed by atoms with Crippen molar-refractivity contribution in [1.82, 2.24) is 0 Å². The molecule has 29 heavy (non-hydrogen) atoms. The van der Waals surface area contributed by atoms with Gasteiger partial charge < -0.3 is 19.6 Å². The molecular formula is C23H22N2O4. The Labute approximate surface area is 169 Å². The van der Waals surface area contributed by atoms with Crippen LogP contribution in [0.15, 0.2) is 84.0 Å². The van der Waals surface area contributed by atoms with Crippen LogP contribution in [0.3, 0.4) is 0 Å². The Bertz CT molecular complexity index is 923. The van der Waals surface area contributed by atoms with Crippen LogP contribution in [0.1, 0.15) is 11.1 Å². The van der Waals surface area contributed by atoms with E-state index in [9.17, 15) is 4.79 Å². The average molecular weight is 390 g/mol. The summed E-state index contributed by atoms with van der Waals surface area (Å²) in [5.74, 6) is 1.20. The van der Waals surface area contributed by atoms with Crippen LogP contribution >= 0.6 is 0 Å². The maximum absolute atomic E-state index is 11.9. The average Bonchev–Trinajstić information content (AvgIpc) is 2.77. The molecule has 0 heterocycles. The first kappa shape index (κ1) is 19.9. The number of anilines is 1. The van der Waals surface area contributed by atoms with Crippen molar-refractivity contribution in [1.29, 1.82) is 0 Å².